The molecule has 0 fully saturated rings. The van der Waals surface area contributed by atoms with Gasteiger partial charge in [-0.05, 0) is 18.6 Å². The molecule has 0 aliphatic heterocycles. The number of pyridine rings is 1. The quantitative estimate of drug-likeness (QED) is 0.656. The van der Waals surface area contributed by atoms with Gasteiger partial charge in [0.1, 0.15) is 0 Å². The highest BCUT2D eigenvalue weighted by molar-refractivity contribution is 5.40. The van der Waals surface area contributed by atoms with E-state index in [2.05, 4.69) is 4.98 Å². The van der Waals surface area contributed by atoms with Gasteiger partial charge in [0.2, 0.25) is 0 Å². The lowest BCUT2D eigenvalue weighted by molar-refractivity contribution is 0.276. The molecule has 0 aliphatic carbocycles. The Hall–Kier alpha value is -1.09. The highest BCUT2D eigenvalue weighted by atomic mass is 16.3. The molecule has 1 heterocycles. The minimum atomic E-state index is -0.0436. The van der Waals surface area contributed by atoms with Gasteiger partial charge in [0, 0.05) is 11.4 Å². The van der Waals surface area contributed by atoms with Crippen LogP contribution < -0.4 is 5.73 Å². The molecule has 0 unspecified atom stereocenters. The van der Waals surface area contributed by atoms with Crippen molar-refractivity contribution in [1.29, 1.82) is 0 Å². The van der Waals surface area contributed by atoms with E-state index in [-0.39, 0.29) is 6.61 Å². The lowest BCUT2D eigenvalue weighted by Crippen LogP contribution is -1.97. The van der Waals surface area contributed by atoms with Crippen molar-refractivity contribution in [2.24, 2.45) is 0 Å². The van der Waals surface area contributed by atoms with Crippen molar-refractivity contribution in [3.05, 3.63) is 23.5 Å². The summed E-state index contributed by atoms with van der Waals surface area (Å²) in [7, 11) is 0. The lowest BCUT2D eigenvalue weighted by atomic mass is 10.2. The summed E-state index contributed by atoms with van der Waals surface area (Å²) in [6, 6.07) is 3.50. The second-order valence-electron chi connectivity index (χ2n) is 2.39. The summed E-state index contributed by atoms with van der Waals surface area (Å²) < 4.78 is 0. The Labute approximate surface area is 65.9 Å². The van der Waals surface area contributed by atoms with E-state index in [9.17, 15) is 0 Å². The molecule has 0 bridgehead atoms. The maximum atomic E-state index is 8.76. The number of anilines is 1. The van der Waals surface area contributed by atoms with Gasteiger partial charge in [0.05, 0.1) is 12.3 Å². The zero-order valence-corrected chi connectivity index (χ0v) is 6.54. The molecule has 1 aromatic heterocycles. The first-order chi connectivity index (χ1) is 5.26. The molecule has 0 saturated heterocycles. The summed E-state index contributed by atoms with van der Waals surface area (Å²) in [5, 5.41) is 8.76. The summed E-state index contributed by atoms with van der Waals surface area (Å²) in [6.07, 6.45) is 0.845. The first-order valence-electron chi connectivity index (χ1n) is 3.62. The number of rotatable bonds is 2. The number of aliphatic hydroxyl groups excluding tert-OH is 1. The number of hydrogen-bond acceptors (Lipinski definition) is 3. The van der Waals surface area contributed by atoms with Gasteiger partial charge in [0.15, 0.2) is 0 Å². The third-order valence-electron chi connectivity index (χ3n) is 1.48. The van der Waals surface area contributed by atoms with Gasteiger partial charge in [-0.3, -0.25) is 4.98 Å². The Morgan fingerprint density at radius 3 is 2.64 bits per heavy atom. The molecule has 0 amide bonds. The van der Waals surface area contributed by atoms with E-state index in [0.29, 0.717) is 11.4 Å². The average molecular weight is 152 g/mol. The number of nitrogens with two attached hydrogens (primary N) is 1. The first-order valence-corrected chi connectivity index (χ1v) is 3.62. The van der Waals surface area contributed by atoms with Crippen LogP contribution >= 0.6 is 0 Å². The molecule has 0 aromatic carbocycles. The number of hydrogen-bond donors (Lipinski definition) is 2. The largest absolute Gasteiger partial charge is 0.399 e. The molecule has 11 heavy (non-hydrogen) atoms. The van der Waals surface area contributed by atoms with Crippen LogP contribution in [0.25, 0.3) is 0 Å². The number of aliphatic hydroxyl groups is 1. The predicted octanol–water partition coefficient (Wildman–Crippen LogP) is 0.719. The summed E-state index contributed by atoms with van der Waals surface area (Å²) >= 11 is 0. The van der Waals surface area contributed by atoms with Crippen molar-refractivity contribution in [2.45, 2.75) is 20.0 Å². The van der Waals surface area contributed by atoms with Gasteiger partial charge >= 0.3 is 0 Å². The van der Waals surface area contributed by atoms with E-state index >= 15 is 0 Å². The van der Waals surface area contributed by atoms with E-state index in [0.717, 1.165) is 12.1 Å². The minimum Gasteiger partial charge on any atom is -0.399 e. The molecule has 0 saturated carbocycles. The molecule has 0 aliphatic rings. The average Bonchev–Trinajstić information content (AvgIpc) is 2.03. The fourth-order valence-electron chi connectivity index (χ4n) is 0.938. The monoisotopic (exact) mass is 152 g/mol. The third kappa shape index (κ3) is 1.91. The SMILES string of the molecule is CCc1cc(N)cc(CO)n1. The van der Waals surface area contributed by atoms with Crippen molar-refractivity contribution in [1.82, 2.24) is 4.98 Å². The minimum absolute atomic E-state index is 0.0436. The molecule has 1 aromatic rings. The molecule has 1 rings (SSSR count). The van der Waals surface area contributed by atoms with E-state index in [4.69, 9.17) is 10.8 Å². The van der Waals surface area contributed by atoms with E-state index < -0.39 is 0 Å². The molecule has 3 nitrogen and oxygen atoms in total. The molecular weight excluding hydrogens is 140 g/mol. The molecular formula is C8H12N2O. The van der Waals surface area contributed by atoms with Crippen molar-refractivity contribution in [2.75, 3.05) is 5.73 Å². The van der Waals surface area contributed by atoms with Gasteiger partial charge in [-0.25, -0.2) is 0 Å². The Kier molecular flexibility index (Phi) is 2.44. The van der Waals surface area contributed by atoms with Crippen LogP contribution in [0, 0.1) is 0 Å². The number of nitrogens with zero attached hydrogens (tertiary/aromatic N) is 1. The Morgan fingerprint density at radius 2 is 2.09 bits per heavy atom. The molecule has 3 heteroatoms. The number of aromatic nitrogens is 1. The number of aryl methyl sites for hydroxylation is 1. The zero-order chi connectivity index (χ0) is 8.27. The van der Waals surface area contributed by atoms with Crippen LogP contribution in [0.1, 0.15) is 18.3 Å². The van der Waals surface area contributed by atoms with Crippen LogP contribution in [0.3, 0.4) is 0 Å². The molecule has 0 radical (unpaired) electrons. The third-order valence-corrected chi connectivity index (χ3v) is 1.48. The molecule has 3 N–H and O–H groups in total. The fraction of sp³-hybridized carbons (Fsp3) is 0.375. The van der Waals surface area contributed by atoms with Crippen molar-refractivity contribution in [3.8, 4) is 0 Å². The zero-order valence-electron chi connectivity index (χ0n) is 6.54. The van der Waals surface area contributed by atoms with Gasteiger partial charge in [0.25, 0.3) is 0 Å². The smallest absolute Gasteiger partial charge is 0.0853 e. The van der Waals surface area contributed by atoms with E-state index in [1.54, 1.807) is 6.07 Å². The number of nitrogen functional groups attached to an aromatic ring is 1. The van der Waals surface area contributed by atoms with Crippen LogP contribution in [-0.4, -0.2) is 10.1 Å². The summed E-state index contributed by atoms with van der Waals surface area (Å²) in [6.45, 7) is 1.96. The van der Waals surface area contributed by atoms with Crippen molar-refractivity contribution >= 4 is 5.69 Å². The first kappa shape index (κ1) is 8.01. The van der Waals surface area contributed by atoms with Crippen LogP contribution in [0.15, 0.2) is 12.1 Å². The van der Waals surface area contributed by atoms with Crippen LogP contribution in [0.4, 0.5) is 5.69 Å². The van der Waals surface area contributed by atoms with Gasteiger partial charge < -0.3 is 10.8 Å². The summed E-state index contributed by atoms with van der Waals surface area (Å²) in [5.41, 5.74) is 7.79. The highest BCUT2D eigenvalue weighted by Crippen LogP contribution is 2.07. The lowest BCUT2D eigenvalue weighted by Gasteiger charge is -2.01. The topological polar surface area (TPSA) is 59.1 Å². The Balaban J connectivity index is 3.02. The van der Waals surface area contributed by atoms with Crippen LogP contribution in [0.5, 0.6) is 0 Å². The van der Waals surface area contributed by atoms with E-state index in [1.165, 1.54) is 0 Å². The second-order valence-corrected chi connectivity index (χ2v) is 2.39. The molecule has 0 spiro atoms. The van der Waals surface area contributed by atoms with Gasteiger partial charge in [-0.2, -0.15) is 0 Å². The highest BCUT2D eigenvalue weighted by Gasteiger charge is 1.96. The van der Waals surface area contributed by atoms with Gasteiger partial charge in [-0.1, -0.05) is 6.92 Å². The second kappa shape index (κ2) is 3.34. The predicted molar refractivity (Wildman–Crippen MR) is 44.0 cm³/mol. The normalized spacial score (nSPS) is 10.0. The summed E-state index contributed by atoms with van der Waals surface area (Å²) in [5.74, 6) is 0. The van der Waals surface area contributed by atoms with Crippen LogP contribution in [-0.2, 0) is 13.0 Å². The van der Waals surface area contributed by atoms with Gasteiger partial charge in [-0.15, -0.1) is 0 Å². The van der Waals surface area contributed by atoms with E-state index in [1.807, 2.05) is 13.0 Å². The maximum absolute atomic E-state index is 8.76. The fourth-order valence-corrected chi connectivity index (χ4v) is 0.938. The maximum Gasteiger partial charge on any atom is 0.0853 e. The summed E-state index contributed by atoms with van der Waals surface area (Å²) in [4.78, 5) is 4.14. The van der Waals surface area contributed by atoms with Crippen molar-refractivity contribution in [3.63, 3.8) is 0 Å². The van der Waals surface area contributed by atoms with Crippen molar-refractivity contribution < 1.29 is 5.11 Å². The molecule has 60 valence electrons. The Bertz CT molecular complexity index is 226. The standard InChI is InChI=1S/C8H12N2O/c1-2-7-3-6(9)4-8(5-11)10-7/h3-4,11H,2,5H2,1H3,(H2,9,10). The molecule has 0 atom stereocenters. The van der Waals surface area contributed by atoms with Crippen LogP contribution in [0.2, 0.25) is 0 Å². The Morgan fingerprint density at radius 1 is 1.45 bits per heavy atom.